The molecule has 1 aromatic carbocycles. The first-order chi connectivity index (χ1) is 15.1. The number of alkyl halides is 1. The van der Waals surface area contributed by atoms with Crippen LogP contribution in [-0.2, 0) is 17.1 Å². The highest BCUT2D eigenvalue weighted by Crippen LogP contribution is 2.20. The number of pyridine rings is 1. The molecule has 0 aliphatic rings. The molecule has 0 saturated carbocycles. The fraction of sp³-hybridized carbons (Fsp3) is 0.440. The first-order valence-electron chi connectivity index (χ1n) is 10.8. The van der Waals surface area contributed by atoms with E-state index >= 15 is 0 Å². The maximum atomic E-state index is 10.7. The molecule has 0 fully saturated rings. The lowest BCUT2D eigenvalue weighted by Crippen LogP contribution is -2.01. The summed E-state index contributed by atoms with van der Waals surface area (Å²) in [6.45, 7) is 0.619. The molecule has 0 aliphatic heterocycles. The Morgan fingerprint density at radius 3 is 2.42 bits per heavy atom. The number of methoxy groups -OCH3 is 1. The van der Waals surface area contributed by atoms with Crippen LogP contribution >= 0.6 is 11.6 Å². The molecule has 0 unspecified atom stereocenters. The number of ether oxygens (including phenoxy) is 2. The van der Waals surface area contributed by atoms with Gasteiger partial charge in [-0.15, -0.1) is 11.6 Å². The second kappa shape index (κ2) is 14.5. The molecule has 2 rings (SSSR count). The number of aryl methyl sites for hydroxylation is 1. The average Bonchev–Trinajstić information content (AvgIpc) is 2.78. The number of carbonyl (C=O) groups is 1. The monoisotopic (exact) mass is 445 g/mol. The van der Waals surface area contributed by atoms with Gasteiger partial charge in [0.05, 0.1) is 31.7 Å². The smallest absolute Gasteiger partial charge is 0.307 e. The fourth-order valence-corrected chi connectivity index (χ4v) is 3.35. The van der Waals surface area contributed by atoms with E-state index < -0.39 is 5.97 Å². The van der Waals surface area contributed by atoms with Gasteiger partial charge in [-0.25, -0.2) is 4.98 Å². The van der Waals surface area contributed by atoms with Gasteiger partial charge in [-0.3, -0.25) is 4.79 Å². The fourth-order valence-electron chi connectivity index (χ4n) is 3.20. The van der Waals surface area contributed by atoms with Gasteiger partial charge < -0.3 is 14.6 Å². The second-order valence-electron chi connectivity index (χ2n) is 7.39. The van der Waals surface area contributed by atoms with Crippen LogP contribution in [0.4, 0.5) is 0 Å². The standard InChI is InChI=1S/C25H32ClNO4/c1-30-22-15-12-20(13-16-22)9-6-4-2-3-5-7-18-31-24-17-14-21(19-26)27-23(24)10-8-11-25(28)29/h8,10,12-17H,2-7,9,11,18-19H2,1H3,(H,28,29). The summed E-state index contributed by atoms with van der Waals surface area (Å²) in [7, 11) is 1.69. The molecule has 0 atom stereocenters. The normalized spacial score (nSPS) is 11.0. The Morgan fingerprint density at radius 2 is 1.74 bits per heavy atom. The van der Waals surface area contributed by atoms with Crippen LogP contribution in [0, 0.1) is 0 Å². The third-order valence-electron chi connectivity index (χ3n) is 4.93. The highest BCUT2D eigenvalue weighted by Gasteiger charge is 2.05. The number of hydrogen-bond acceptors (Lipinski definition) is 4. The summed E-state index contributed by atoms with van der Waals surface area (Å²) < 4.78 is 11.1. The number of halogens is 1. The summed E-state index contributed by atoms with van der Waals surface area (Å²) in [6, 6.07) is 12.0. The summed E-state index contributed by atoms with van der Waals surface area (Å²) in [5, 5.41) is 8.79. The van der Waals surface area contributed by atoms with Crippen LogP contribution in [0.2, 0.25) is 0 Å². The maximum Gasteiger partial charge on any atom is 0.307 e. The van der Waals surface area contributed by atoms with E-state index in [1.54, 1.807) is 19.3 Å². The summed E-state index contributed by atoms with van der Waals surface area (Å²) in [5.74, 6) is 0.991. The molecule has 5 nitrogen and oxygen atoms in total. The summed E-state index contributed by atoms with van der Waals surface area (Å²) >= 11 is 5.85. The highest BCUT2D eigenvalue weighted by molar-refractivity contribution is 6.16. The quantitative estimate of drug-likeness (QED) is 0.258. The van der Waals surface area contributed by atoms with E-state index in [-0.39, 0.29) is 6.42 Å². The predicted molar refractivity (Wildman–Crippen MR) is 125 cm³/mol. The lowest BCUT2D eigenvalue weighted by atomic mass is 10.0. The highest BCUT2D eigenvalue weighted by atomic mass is 35.5. The van der Waals surface area contributed by atoms with Crippen LogP contribution < -0.4 is 9.47 Å². The van der Waals surface area contributed by atoms with Gasteiger partial charge in [0.1, 0.15) is 17.2 Å². The molecular formula is C25H32ClNO4. The lowest BCUT2D eigenvalue weighted by molar-refractivity contribution is -0.135. The Hall–Kier alpha value is -2.53. The SMILES string of the molecule is COc1ccc(CCCCCCCCOc2ccc(CCl)nc2C=CCC(=O)O)cc1. The first kappa shape index (κ1) is 24.7. The van der Waals surface area contributed by atoms with E-state index in [4.69, 9.17) is 26.2 Å². The number of carboxylic acids is 1. The number of nitrogens with zero attached hydrogens (tertiary/aromatic N) is 1. The Kier molecular flexibility index (Phi) is 11.5. The van der Waals surface area contributed by atoms with E-state index in [1.807, 2.05) is 24.3 Å². The number of carboxylic acid groups (broad SMARTS) is 1. The number of hydrogen-bond donors (Lipinski definition) is 1. The number of rotatable bonds is 15. The van der Waals surface area contributed by atoms with Gasteiger partial charge in [-0.2, -0.15) is 0 Å². The summed E-state index contributed by atoms with van der Waals surface area (Å²) in [4.78, 5) is 15.1. The van der Waals surface area contributed by atoms with Crippen LogP contribution in [0.15, 0.2) is 42.5 Å². The van der Waals surface area contributed by atoms with Gasteiger partial charge in [0, 0.05) is 0 Å². The minimum Gasteiger partial charge on any atom is -0.497 e. The zero-order valence-electron chi connectivity index (χ0n) is 18.2. The van der Waals surface area contributed by atoms with Crippen LogP contribution in [0.1, 0.15) is 61.9 Å². The molecule has 1 aromatic heterocycles. The minimum absolute atomic E-state index is 0.0509. The summed E-state index contributed by atoms with van der Waals surface area (Å²) in [5.41, 5.74) is 2.72. The van der Waals surface area contributed by atoms with Crippen molar-refractivity contribution < 1.29 is 19.4 Å². The maximum absolute atomic E-state index is 10.7. The molecule has 6 heteroatoms. The van der Waals surface area contributed by atoms with Crippen molar-refractivity contribution in [2.75, 3.05) is 13.7 Å². The van der Waals surface area contributed by atoms with Gasteiger partial charge in [0.25, 0.3) is 0 Å². The van der Waals surface area contributed by atoms with Crippen molar-refractivity contribution in [2.45, 2.75) is 57.2 Å². The molecule has 2 aromatic rings. The summed E-state index contributed by atoms with van der Waals surface area (Å²) in [6.07, 6.45) is 11.3. The molecular weight excluding hydrogens is 414 g/mol. The number of benzene rings is 1. The Morgan fingerprint density at radius 1 is 1.03 bits per heavy atom. The average molecular weight is 446 g/mol. The van der Waals surface area contributed by atoms with Gasteiger partial charge in [-0.05, 0) is 55.2 Å². The minimum atomic E-state index is -0.879. The first-order valence-corrected chi connectivity index (χ1v) is 11.4. The van der Waals surface area contributed by atoms with Crippen molar-refractivity contribution in [1.82, 2.24) is 4.98 Å². The molecule has 0 aliphatic carbocycles. The van der Waals surface area contributed by atoms with Crippen molar-refractivity contribution in [2.24, 2.45) is 0 Å². The van der Waals surface area contributed by atoms with Crippen LogP contribution in [-0.4, -0.2) is 29.8 Å². The zero-order valence-corrected chi connectivity index (χ0v) is 18.9. The molecule has 168 valence electrons. The van der Waals surface area contributed by atoms with Crippen LogP contribution in [0.5, 0.6) is 11.5 Å². The topological polar surface area (TPSA) is 68.7 Å². The zero-order chi connectivity index (χ0) is 22.3. The van der Waals surface area contributed by atoms with Crippen molar-refractivity contribution in [1.29, 1.82) is 0 Å². The van der Waals surface area contributed by atoms with Crippen LogP contribution in [0.25, 0.3) is 6.08 Å². The van der Waals surface area contributed by atoms with E-state index in [0.29, 0.717) is 23.9 Å². The van der Waals surface area contributed by atoms with E-state index in [1.165, 1.54) is 31.2 Å². The van der Waals surface area contributed by atoms with E-state index in [0.717, 1.165) is 30.7 Å². The van der Waals surface area contributed by atoms with Crippen molar-refractivity contribution in [3.63, 3.8) is 0 Å². The largest absolute Gasteiger partial charge is 0.497 e. The van der Waals surface area contributed by atoms with Gasteiger partial charge in [0.2, 0.25) is 0 Å². The van der Waals surface area contributed by atoms with Gasteiger partial charge >= 0.3 is 5.97 Å². The number of aromatic nitrogens is 1. The molecule has 1 heterocycles. The third kappa shape index (κ3) is 9.88. The number of unbranched alkanes of at least 4 members (excludes halogenated alkanes) is 5. The van der Waals surface area contributed by atoms with Gasteiger partial charge in [-0.1, -0.05) is 43.9 Å². The van der Waals surface area contributed by atoms with E-state index in [9.17, 15) is 4.79 Å². The molecule has 0 saturated heterocycles. The molecule has 0 bridgehead atoms. The molecule has 31 heavy (non-hydrogen) atoms. The van der Waals surface area contributed by atoms with Crippen molar-refractivity contribution in [3.05, 3.63) is 59.4 Å². The Bertz CT molecular complexity index is 821. The third-order valence-corrected chi connectivity index (χ3v) is 5.20. The molecule has 0 amide bonds. The lowest BCUT2D eigenvalue weighted by Gasteiger charge is -2.10. The Balaban J connectivity index is 1.62. The van der Waals surface area contributed by atoms with Crippen molar-refractivity contribution in [3.8, 4) is 11.5 Å². The van der Waals surface area contributed by atoms with E-state index in [2.05, 4.69) is 17.1 Å². The Labute approximate surface area is 190 Å². The molecule has 1 N–H and O–H groups in total. The van der Waals surface area contributed by atoms with Crippen molar-refractivity contribution >= 4 is 23.6 Å². The van der Waals surface area contributed by atoms with Crippen LogP contribution in [0.3, 0.4) is 0 Å². The molecule has 0 spiro atoms. The predicted octanol–water partition coefficient (Wildman–Crippen LogP) is 6.28. The molecule has 0 radical (unpaired) electrons. The number of aliphatic carboxylic acids is 1. The second-order valence-corrected chi connectivity index (χ2v) is 7.65. The van der Waals surface area contributed by atoms with Gasteiger partial charge in [0.15, 0.2) is 0 Å².